The summed E-state index contributed by atoms with van der Waals surface area (Å²) in [5, 5.41) is 0.564. The summed E-state index contributed by atoms with van der Waals surface area (Å²) in [5.41, 5.74) is 2.72. The molecule has 5 heteroatoms. The van der Waals surface area contributed by atoms with Gasteiger partial charge in [0.05, 0.1) is 17.9 Å². The maximum atomic E-state index is 13.0. The molecule has 3 aromatic rings. The van der Waals surface area contributed by atoms with E-state index in [0.29, 0.717) is 27.4 Å². The summed E-state index contributed by atoms with van der Waals surface area (Å²) < 4.78 is 6.90. The van der Waals surface area contributed by atoms with Gasteiger partial charge >= 0.3 is 5.97 Å². The van der Waals surface area contributed by atoms with Crippen molar-refractivity contribution in [3.63, 3.8) is 0 Å². The Morgan fingerprint density at radius 2 is 1.88 bits per heavy atom. The van der Waals surface area contributed by atoms with Gasteiger partial charge in [-0.3, -0.25) is 4.79 Å². The van der Waals surface area contributed by atoms with Gasteiger partial charge in [-0.05, 0) is 61.9 Å². The van der Waals surface area contributed by atoms with Gasteiger partial charge in [0.15, 0.2) is 0 Å². The zero-order valence-electron chi connectivity index (χ0n) is 13.4. The average Bonchev–Trinajstić information content (AvgIpc) is 3.02. The van der Waals surface area contributed by atoms with Gasteiger partial charge in [0.1, 0.15) is 0 Å². The number of rotatable bonds is 4. The first-order chi connectivity index (χ1) is 11.5. The lowest BCUT2D eigenvalue weighted by Gasteiger charge is -2.13. The first kappa shape index (κ1) is 16.3. The van der Waals surface area contributed by atoms with Crippen LogP contribution in [0.15, 0.2) is 48.7 Å². The Morgan fingerprint density at radius 3 is 2.54 bits per heavy atom. The molecule has 2 aromatic heterocycles. The Balaban J connectivity index is 2.20. The molecule has 0 saturated carbocycles. The van der Waals surface area contributed by atoms with Crippen LogP contribution in [0.1, 0.15) is 38.9 Å². The Labute approximate surface area is 144 Å². The molecule has 0 N–H and O–H groups in total. The molecular formula is C19H16ClNO3. The monoisotopic (exact) mass is 341 g/mol. The topological polar surface area (TPSA) is 47.8 Å². The highest BCUT2D eigenvalue weighted by atomic mass is 35.5. The number of pyridine rings is 1. The molecule has 0 saturated heterocycles. The first-order valence-corrected chi connectivity index (χ1v) is 7.98. The molecular weight excluding hydrogens is 326 g/mol. The van der Waals surface area contributed by atoms with E-state index in [1.54, 1.807) is 54.8 Å². The summed E-state index contributed by atoms with van der Waals surface area (Å²) in [6.07, 6.45) is 1.81. The van der Waals surface area contributed by atoms with E-state index in [0.717, 1.165) is 5.52 Å². The molecule has 0 atom stereocenters. The van der Waals surface area contributed by atoms with E-state index >= 15 is 0 Å². The Kier molecular flexibility index (Phi) is 4.40. The van der Waals surface area contributed by atoms with Gasteiger partial charge < -0.3 is 9.14 Å². The minimum absolute atomic E-state index is 0.170. The summed E-state index contributed by atoms with van der Waals surface area (Å²) in [6.45, 7) is 3.79. The van der Waals surface area contributed by atoms with Crippen LogP contribution in [0, 0.1) is 6.92 Å². The van der Waals surface area contributed by atoms with Crippen molar-refractivity contribution in [1.82, 2.24) is 4.40 Å². The molecule has 0 radical (unpaired) electrons. The van der Waals surface area contributed by atoms with Crippen LogP contribution in [0.4, 0.5) is 0 Å². The minimum Gasteiger partial charge on any atom is -0.462 e. The Bertz CT molecular complexity index is 926. The predicted octanol–water partition coefficient (Wildman–Crippen LogP) is 4.31. The largest absolute Gasteiger partial charge is 0.462 e. The third-order valence-electron chi connectivity index (χ3n) is 3.89. The fourth-order valence-corrected chi connectivity index (χ4v) is 2.84. The van der Waals surface area contributed by atoms with E-state index in [-0.39, 0.29) is 12.4 Å². The van der Waals surface area contributed by atoms with Gasteiger partial charge in [-0.2, -0.15) is 0 Å². The van der Waals surface area contributed by atoms with Crippen LogP contribution in [-0.2, 0) is 4.74 Å². The van der Waals surface area contributed by atoms with Gasteiger partial charge in [0, 0.05) is 22.3 Å². The van der Waals surface area contributed by atoms with Crippen LogP contribution >= 0.6 is 11.6 Å². The smallest absolute Gasteiger partial charge is 0.338 e. The molecule has 0 spiro atoms. The highest BCUT2D eigenvalue weighted by molar-refractivity contribution is 6.30. The Hall–Kier alpha value is -2.59. The van der Waals surface area contributed by atoms with Gasteiger partial charge in [0.25, 0.3) is 0 Å². The van der Waals surface area contributed by atoms with Crippen molar-refractivity contribution in [2.24, 2.45) is 0 Å². The fraction of sp³-hybridized carbons (Fsp3) is 0.158. The summed E-state index contributed by atoms with van der Waals surface area (Å²) in [4.78, 5) is 25.2. The lowest BCUT2D eigenvalue weighted by molar-refractivity contribution is 0.0525. The van der Waals surface area contributed by atoms with E-state index in [2.05, 4.69) is 0 Å². The fourth-order valence-electron chi connectivity index (χ4n) is 2.72. The van der Waals surface area contributed by atoms with Crippen molar-refractivity contribution in [2.75, 3.05) is 6.61 Å². The van der Waals surface area contributed by atoms with E-state index in [4.69, 9.17) is 16.3 Å². The second kappa shape index (κ2) is 6.49. The number of hydrogen-bond acceptors (Lipinski definition) is 3. The van der Waals surface area contributed by atoms with Crippen molar-refractivity contribution < 1.29 is 14.3 Å². The number of carbonyl (C=O) groups is 2. The number of ketones is 1. The Morgan fingerprint density at radius 1 is 1.17 bits per heavy atom. The van der Waals surface area contributed by atoms with Crippen molar-refractivity contribution in [2.45, 2.75) is 13.8 Å². The summed E-state index contributed by atoms with van der Waals surface area (Å²) in [6, 6.07) is 12.1. The molecule has 0 unspecified atom stereocenters. The lowest BCUT2D eigenvalue weighted by atomic mass is 10.00. The second-order valence-electron chi connectivity index (χ2n) is 5.39. The number of ether oxygens (including phenoxy) is 1. The van der Waals surface area contributed by atoms with Gasteiger partial charge in [-0.25, -0.2) is 4.79 Å². The zero-order valence-corrected chi connectivity index (χ0v) is 14.1. The van der Waals surface area contributed by atoms with E-state index in [9.17, 15) is 9.59 Å². The van der Waals surface area contributed by atoms with Crippen molar-refractivity contribution >= 4 is 28.9 Å². The van der Waals surface area contributed by atoms with Crippen molar-refractivity contribution in [3.05, 3.63) is 76.1 Å². The third kappa shape index (κ3) is 2.81. The van der Waals surface area contributed by atoms with Gasteiger partial charge in [-0.15, -0.1) is 0 Å². The molecule has 0 aliphatic carbocycles. The number of fused-ring (bicyclic) bond motifs is 1. The SMILES string of the molecule is CCOC(=O)c1cc2cccn2c(C(=O)c2ccc(Cl)cc2)c1C. The maximum Gasteiger partial charge on any atom is 0.338 e. The van der Waals surface area contributed by atoms with E-state index in [1.165, 1.54) is 0 Å². The van der Waals surface area contributed by atoms with Crippen LogP contribution in [0.5, 0.6) is 0 Å². The molecule has 24 heavy (non-hydrogen) atoms. The molecule has 122 valence electrons. The minimum atomic E-state index is -0.427. The highest BCUT2D eigenvalue weighted by Crippen LogP contribution is 2.23. The van der Waals surface area contributed by atoms with E-state index in [1.807, 2.05) is 12.1 Å². The van der Waals surface area contributed by atoms with Crippen LogP contribution in [0.3, 0.4) is 0 Å². The third-order valence-corrected chi connectivity index (χ3v) is 4.14. The second-order valence-corrected chi connectivity index (χ2v) is 5.83. The molecule has 3 rings (SSSR count). The van der Waals surface area contributed by atoms with Crippen LogP contribution in [0.2, 0.25) is 5.02 Å². The standard InChI is InChI=1S/C19H16ClNO3/c1-3-24-19(23)16-11-15-5-4-10-21(15)17(12(16)2)18(22)13-6-8-14(20)9-7-13/h4-11H,3H2,1-2H3. The molecule has 1 aromatic carbocycles. The molecule has 0 amide bonds. The molecule has 0 bridgehead atoms. The number of carbonyl (C=O) groups excluding carboxylic acids is 2. The van der Waals surface area contributed by atoms with Gasteiger partial charge in [-0.1, -0.05) is 11.6 Å². The predicted molar refractivity (Wildman–Crippen MR) is 93.0 cm³/mol. The number of nitrogens with zero attached hydrogens (tertiary/aromatic N) is 1. The average molecular weight is 342 g/mol. The van der Waals surface area contributed by atoms with Crippen LogP contribution < -0.4 is 0 Å². The summed E-state index contributed by atoms with van der Waals surface area (Å²) >= 11 is 5.90. The zero-order chi connectivity index (χ0) is 17.3. The van der Waals surface area contributed by atoms with Crippen LogP contribution in [-0.4, -0.2) is 22.8 Å². The summed E-state index contributed by atoms with van der Waals surface area (Å²) in [5.74, 6) is -0.597. The number of aromatic nitrogens is 1. The summed E-state index contributed by atoms with van der Waals surface area (Å²) in [7, 11) is 0. The van der Waals surface area contributed by atoms with Gasteiger partial charge in [0.2, 0.25) is 5.78 Å². The number of hydrogen-bond donors (Lipinski definition) is 0. The molecule has 0 aliphatic heterocycles. The first-order valence-electron chi connectivity index (χ1n) is 7.61. The van der Waals surface area contributed by atoms with Crippen molar-refractivity contribution in [3.8, 4) is 0 Å². The molecule has 0 fully saturated rings. The van der Waals surface area contributed by atoms with Crippen molar-refractivity contribution in [1.29, 1.82) is 0 Å². The molecule has 2 heterocycles. The maximum absolute atomic E-state index is 13.0. The number of benzene rings is 1. The normalized spacial score (nSPS) is 10.8. The number of halogens is 1. The lowest BCUT2D eigenvalue weighted by Crippen LogP contribution is -2.15. The molecule has 0 aliphatic rings. The van der Waals surface area contributed by atoms with Crippen LogP contribution in [0.25, 0.3) is 5.52 Å². The highest BCUT2D eigenvalue weighted by Gasteiger charge is 2.22. The number of esters is 1. The van der Waals surface area contributed by atoms with E-state index < -0.39 is 5.97 Å². The molecule has 4 nitrogen and oxygen atoms in total. The quantitative estimate of drug-likeness (QED) is 0.525.